The molecule has 1 rings (SSSR count). The molecule has 1 saturated heterocycles. The molecule has 1 unspecified atom stereocenters. The van der Waals surface area contributed by atoms with E-state index in [0.29, 0.717) is 25.4 Å². The van der Waals surface area contributed by atoms with Gasteiger partial charge < -0.3 is 10.0 Å². The van der Waals surface area contributed by atoms with Gasteiger partial charge in [0.25, 0.3) is 0 Å². The highest BCUT2D eigenvalue weighted by atomic mass is 16.3. The summed E-state index contributed by atoms with van der Waals surface area (Å²) in [5, 5.41) is 10.0. The zero-order chi connectivity index (χ0) is 13.3. The Hall–Kier alpha value is -0.570. The maximum atomic E-state index is 12.0. The monoisotopic (exact) mass is 241 g/mol. The molecule has 1 heterocycles. The van der Waals surface area contributed by atoms with Gasteiger partial charge in [0.05, 0.1) is 18.7 Å². The van der Waals surface area contributed by atoms with Crippen molar-refractivity contribution in [3.63, 3.8) is 0 Å². The molecule has 1 aliphatic rings. The van der Waals surface area contributed by atoms with E-state index in [4.69, 9.17) is 0 Å². The summed E-state index contributed by atoms with van der Waals surface area (Å²) in [6, 6.07) is 0. The van der Waals surface area contributed by atoms with Crippen LogP contribution in [0, 0.1) is 11.3 Å². The average molecular weight is 241 g/mol. The largest absolute Gasteiger partial charge is 0.386 e. The van der Waals surface area contributed by atoms with E-state index in [2.05, 4.69) is 34.6 Å². The average Bonchev–Trinajstić information content (AvgIpc) is 2.12. The van der Waals surface area contributed by atoms with E-state index in [1.54, 1.807) is 4.90 Å². The molecule has 0 spiro atoms. The van der Waals surface area contributed by atoms with Gasteiger partial charge in [0, 0.05) is 6.42 Å². The minimum atomic E-state index is -0.602. The number of carbonyl (C=O) groups excluding carboxylic acids is 1. The molecule has 0 aromatic rings. The Balaban J connectivity index is 2.38. The van der Waals surface area contributed by atoms with Crippen molar-refractivity contribution in [1.29, 1.82) is 0 Å². The third-order valence-corrected chi connectivity index (χ3v) is 4.00. The number of hydrogen-bond donors (Lipinski definition) is 1. The summed E-state index contributed by atoms with van der Waals surface area (Å²) in [6.45, 7) is 11.7. The third kappa shape index (κ3) is 3.70. The molecule has 3 heteroatoms. The van der Waals surface area contributed by atoms with Crippen molar-refractivity contribution in [2.75, 3.05) is 13.1 Å². The molecular weight excluding hydrogens is 214 g/mol. The van der Waals surface area contributed by atoms with Crippen LogP contribution in [-0.4, -0.2) is 34.6 Å². The van der Waals surface area contributed by atoms with E-state index < -0.39 is 5.60 Å². The number of carbonyl (C=O) groups is 1. The highest BCUT2D eigenvalue weighted by molar-refractivity contribution is 5.77. The normalized spacial score (nSPS) is 20.9. The molecule has 3 nitrogen and oxygen atoms in total. The number of nitrogens with zero attached hydrogens (tertiary/aromatic N) is 1. The SMILES string of the molecule is CCCC1(O)CN(C(=O)CC(C)C(C)(C)C)C1. The van der Waals surface area contributed by atoms with Crippen LogP contribution in [0.1, 0.15) is 53.9 Å². The number of likely N-dealkylation sites (tertiary alicyclic amines) is 1. The minimum absolute atomic E-state index is 0.167. The van der Waals surface area contributed by atoms with Gasteiger partial charge in [-0.3, -0.25) is 4.79 Å². The molecule has 1 amide bonds. The first-order chi connectivity index (χ1) is 7.68. The van der Waals surface area contributed by atoms with E-state index >= 15 is 0 Å². The lowest BCUT2D eigenvalue weighted by Gasteiger charge is -2.47. The van der Waals surface area contributed by atoms with Crippen molar-refractivity contribution in [2.45, 2.75) is 59.5 Å². The predicted molar refractivity (Wildman–Crippen MR) is 69.7 cm³/mol. The van der Waals surface area contributed by atoms with Gasteiger partial charge in [0.2, 0.25) is 5.91 Å². The zero-order valence-corrected chi connectivity index (χ0v) is 11.9. The second-order valence-electron chi connectivity index (χ2n) is 6.70. The first-order valence-corrected chi connectivity index (χ1v) is 6.68. The molecule has 0 radical (unpaired) electrons. The summed E-state index contributed by atoms with van der Waals surface area (Å²) in [5.74, 6) is 0.558. The van der Waals surface area contributed by atoms with Crippen molar-refractivity contribution >= 4 is 5.91 Å². The maximum Gasteiger partial charge on any atom is 0.223 e. The summed E-state index contributed by atoms with van der Waals surface area (Å²) in [4.78, 5) is 13.8. The van der Waals surface area contributed by atoms with Crippen molar-refractivity contribution in [3.8, 4) is 0 Å². The number of rotatable bonds is 4. The number of hydrogen-bond acceptors (Lipinski definition) is 2. The topological polar surface area (TPSA) is 40.5 Å². The molecule has 0 saturated carbocycles. The third-order valence-electron chi connectivity index (χ3n) is 4.00. The number of aliphatic hydroxyl groups is 1. The van der Waals surface area contributed by atoms with Crippen LogP contribution in [0.4, 0.5) is 0 Å². The Bertz CT molecular complexity index is 274. The van der Waals surface area contributed by atoms with Crippen molar-refractivity contribution in [1.82, 2.24) is 4.90 Å². The second kappa shape index (κ2) is 4.97. The molecule has 0 aliphatic carbocycles. The van der Waals surface area contributed by atoms with Gasteiger partial charge >= 0.3 is 0 Å². The van der Waals surface area contributed by atoms with Gasteiger partial charge in [0.15, 0.2) is 0 Å². The van der Waals surface area contributed by atoms with Gasteiger partial charge in [-0.15, -0.1) is 0 Å². The zero-order valence-electron chi connectivity index (χ0n) is 11.9. The standard InChI is InChI=1S/C14H27NO2/c1-6-7-14(17)9-15(10-14)12(16)8-11(2)13(3,4)5/h11,17H,6-10H2,1-5H3. The molecule has 17 heavy (non-hydrogen) atoms. The molecule has 1 N–H and O–H groups in total. The minimum Gasteiger partial charge on any atom is -0.386 e. The first kappa shape index (κ1) is 14.5. The Morgan fingerprint density at radius 1 is 1.41 bits per heavy atom. The fraction of sp³-hybridized carbons (Fsp3) is 0.929. The Morgan fingerprint density at radius 3 is 2.35 bits per heavy atom. The highest BCUT2D eigenvalue weighted by Gasteiger charge is 2.42. The smallest absolute Gasteiger partial charge is 0.223 e. The van der Waals surface area contributed by atoms with Crippen LogP contribution >= 0.6 is 0 Å². The van der Waals surface area contributed by atoms with Crippen LogP contribution in [0.3, 0.4) is 0 Å². The summed E-state index contributed by atoms with van der Waals surface area (Å²) in [6.07, 6.45) is 2.36. The highest BCUT2D eigenvalue weighted by Crippen LogP contribution is 2.31. The molecule has 1 fully saturated rings. The fourth-order valence-corrected chi connectivity index (χ4v) is 2.16. The summed E-state index contributed by atoms with van der Waals surface area (Å²) in [5.41, 5.74) is -0.435. The van der Waals surface area contributed by atoms with Crippen molar-refractivity contribution in [2.24, 2.45) is 11.3 Å². The van der Waals surface area contributed by atoms with E-state index in [-0.39, 0.29) is 11.3 Å². The second-order valence-corrected chi connectivity index (χ2v) is 6.70. The van der Waals surface area contributed by atoms with Crippen LogP contribution in [0.25, 0.3) is 0 Å². The Labute approximate surface area is 105 Å². The Morgan fingerprint density at radius 2 is 1.94 bits per heavy atom. The molecule has 0 aromatic carbocycles. The lowest BCUT2D eigenvalue weighted by molar-refractivity contribution is -0.158. The van der Waals surface area contributed by atoms with E-state index in [0.717, 1.165) is 12.8 Å². The van der Waals surface area contributed by atoms with Gasteiger partial charge in [-0.2, -0.15) is 0 Å². The van der Waals surface area contributed by atoms with Crippen LogP contribution in [-0.2, 0) is 4.79 Å². The van der Waals surface area contributed by atoms with Crippen LogP contribution in [0.5, 0.6) is 0 Å². The summed E-state index contributed by atoms with van der Waals surface area (Å²) in [7, 11) is 0. The molecule has 1 atom stereocenters. The molecule has 0 bridgehead atoms. The maximum absolute atomic E-state index is 12.0. The van der Waals surface area contributed by atoms with E-state index in [9.17, 15) is 9.90 Å². The molecule has 1 aliphatic heterocycles. The Kier molecular flexibility index (Phi) is 4.23. The van der Waals surface area contributed by atoms with Gasteiger partial charge in [-0.05, 0) is 17.8 Å². The summed E-state index contributed by atoms with van der Waals surface area (Å²) >= 11 is 0. The van der Waals surface area contributed by atoms with E-state index in [1.165, 1.54) is 0 Å². The van der Waals surface area contributed by atoms with Gasteiger partial charge in [0.1, 0.15) is 0 Å². The fourth-order valence-electron chi connectivity index (χ4n) is 2.16. The number of β-amino-alcohol motifs (C(OH)–C–C–N with tert-alkyl or cyclic N) is 1. The lowest BCUT2D eigenvalue weighted by Crippen LogP contribution is -2.63. The van der Waals surface area contributed by atoms with Crippen molar-refractivity contribution in [3.05, 3.63) is 0 Å². The van der Waals surface area contributed by atoms with Crippen molar-refractivity contribution < 1.29 is 9.90 Å². The van der Waals surface area contributed by atoms with Crippen LogP contribution in [0.2, 0.25) is 0 Å². The van der Waals surface area contributed by atoms with Gasteiger partial charge in [-0.1, -0.05) is 41.0 Å². The van der Waals surface area contributed by atoms with Crippen LogP contribution < -0.4 is 0 Å². The first-order valence-electron chi connectivity index (χ1n) is 6.68. The van der Waals surface area contributed by atoms with Crippen LogP contribution in [0.15, 0.2) is 0 Å². The number of amides is 1. The summed E-state index contributed by atoms with van der Waals surface area (Å²) < 4.78 is 0. The molecule has 100 valence electrons. The lowest BCUT2D eigenvalue weighted by atomic mass is 9.79. The quantitative estimate of drug-likeness (QED) is 0.821. The van der Waals surface area contributed by atoms with E-state index in [1.807, 2.05) is 0 Å². The molecule has 0 aromatic heterocycles. The van der Waals surface area contributed by atoms with Gasteiger partial charge in [-0.25, -0.2) is 0 Å². The molecular formula is C14H27NO2. The predicted octanol–water partition coefficient (Wildman–Crippen LogP) is 2.43.